The number of carbonyl (C=O) groups is 1. The van der Waals surface area contributed by atoms with Gasteiger partial charge in [0.2, 0.25) is 0 Å². The largest absolute Gasteiger partial charge is 0.458 e. The van der Waals surface area contributed by atoms with Crippen LogP contribution >= 0.6 is 11.8 Å². The van der Waals surface area contributed by atoms with Crippen LogP contribution in [-0.2, 0) is 18.9 Å². The third kappa shape index (κ3) is 4.79. The van der Waals surface area contributed by atoms with Gasteiger partial charge in [0.05, 0.1) is 18.8 Å². The third-order valence-electron chi connectivity index (χ3n) is 2.67. The average molecular weight is 298 g/mol. The zero-order valence-electron chi connectivity index (χ0n) is 11.3. The highest BCUT2D eigenvalue weighted by atomic mass is 32.2. The topological polar surface area (TPSA) is 54.0 Å². The molecule has 5 nitrogen and oxygen atoms in total. The predicted octanol–water partition coefficient (Wildman–Crippen LogP) is 1.92. The molecule has 1 aliphatic heterocycles. The molecule has 0 bridgehead atoms. The lowest BCUT2D eigenvalue weighted by Crippen LogP contribution is -2.21. The van der Waals surface area contributed by atoms with Crippen LogP contribution in [-0.4, -0.2) is 50.4 Å². The first kappa shape index (κ1) is 15.3. The van der Waals surface area contributed by atoms with Crippen LogP contribution in [0.3, 0.4) is 0 Å². The maximum Gasteiger partial charge on any atom is 0.338 e. The zero-order valence-corrected chi connectivity index (χ0v) is 12.1. The Balaban J connectivity index is 1.67. The van der Waals surface area contributed by atoms with Crippen LogP contribution in [0, 0.1) is 0 Å². The quantitative estimate of drug-likeness (QED) is 0.566. The van der Waals surface area contributed by atoms with Gasteiger partial charge in [-0.1, -0.05) is 18.2 Å². The van der Waals surface area contributed by atoms with E-state index in [-0.39, 0.29) is 24.3 Å². The number of ether oxygens (including phenoxy) is 4. The standard InChI is InChI=1S/C14H18O5S/c1-16-7-8-17-12-10-20-13(19-12)9-18-14(15)11-5-3-2-4-6-11/h2-6,12-13H,7-10H2,1H3. The molecule has 0 N–H and O–H groups in total. The molecule has 6 heteroatoms. The second-order valence-electron chi connectivity index (χ2n) is 4.16. The first-order chi connectivity index (χ1) is 9.79. The number of hydrogen-bond donors (Lipinski definition) is 0. The fourth-order valence-electron chi connectivity index (χ4n) is 1.67. The highest BCUT2D eigenvalue weighted by Crippen LogP contribution is 2.26. The van der Waals surface area contributed by atoms with Crippen LogP contribution in [0.2, 0.25) is 0 Å². The van der Waals surface area contributed by atoms with Gasteiger partial charge in [-0.15, -0.1) is 11.8 Å². The second kappa shape index (κ2) is 8.26. The van der Waals surface area contributed by atoms with Gasteiger partial charge >= 0.3 is 5.97 Å². The molecular weight excluding hydrogens is 280 g/mol. The van der Waals surface area contributed by atoms with Crippen LogP contribution < -0.4 is 0 Å². The van der Waals surface area contributed by atoms with Gasteiger partial charge in [0.15, 0.2) is 6.29 Å². The van der Waals surface area contributed by atoms with Gasteiger partial charge in [0.25, 0.3) is 0 Å². The van der Waals surface area contributed by atoms with Crippen LogP contribution in [0.5, 0.6) is 0 Å². The Bertz CT molecular complexity index is 411. The van der Waals surface area contributed by atoms with Crippen molar-refractivity contribution in [1.29, 1.82) is 0 Å². The van der Waals surface area contributed by atoms with E-state index in [1.807, 2.05) is 6.07 Å². The molecule has 0 aromatic heterocycles. The molecule has 2 unspecified atom stereocenters. The van der Waals surface area contributed by atoms with Crippen molar-refractivity contribution in [2.24, 2.45) is 0 Å². The van der Waals surface area contributed by atoms with Crippen molar-refractivity contribution in [3.8, 4) is 0 Å². The summed E-state index contributed by atoms with van der Waals surface area (Å²) >= 11 is 1.58. The molecule has 1 aromatic rings. The van der Waals surface area contributed by atoms with Crippen molar-refractivity contribution in [2.45, 2.75) is 11.7 Å². The number of carbonyl (C=O) groups excluding carboxylic acids is 1. The van der Waals surface area contributed by atoms with E-state index in [9.17, 15) is 4.79 Å². The first-order valence-corrected chi connectivity index (χ1v) is 7.44. The molecular formula is C14H18O5S. The molecule has 2 atom stereocenters. The lowest BCUT2D eigenvalue weighted by molar-refractivity contribution is -0.139. The normalized spacial score (nSPS) is 21.9. The smallest absolute Gasteiger partial charge is 0.338 e. The summed E-state index contributed by atoms with van der Waals surface area (Å²) in [4.78, 5) is 11.8. The van der Waals surface area contributed by atoms with Crippen LogP contribution in [0.25, 0.3) is 0 Å². The Morgan fingerprint density at radius 2 is 2.15 bits per heavy atom. The molecule has 1 aliphatic rings. The van der Waals surface area contributed by atoms with E-state index in [4.69, 9.17) is 18.9 Å². The molecule has 2 rings (SSSR count). The lowest BCUT2D eigenvalue weighted by atomic mass is 10.2. The van der Waals surface area contributed by atoms with Crippen molar-refractivity contribution in [2.75, 3.05) is 32.7 Å². The van der Waals surface area contributed by atoms with E-state index in [0.717, 1.165) is 5.75 Å². The summed E-state index contributed by atoms with van der Waals surface area (Å²) in [5.74, 6) is 0.399. The molecule has 0 aliphatic carbocycles. The van der Waals surface area contributed by atoms with Crippen molar-refractivity contribution in [3.63, 3.8) is 0 Å². The molecule has 1 aromatic carbocycles. The Hall–Kier alpha value is -1.08. The van der Waals surface area contributed by atoms with Crippen molar-refractivity contribution < 1.29 is 23.7 Å². The van der Waals surface area contributed by atoms with Crippen molar-refractivity contribution >= 4 is 17.7 Å². The van der Waals surface area contributed by atoms with Crippen LogP contribution in [0.15, 0.2) is 30.3 Å². The fraction of sp³-hybridized carbons (Fsp3) is 0.500. The van der Waals surface area contributed by atoms with E-state index in [1.165, 1.54) is 0 Å². The third-order valence-corrected chi connectivity index (χ3v) is 3.76. The minimum Gasteiger partial charge on any atom is -0.458 e. The molecule has 1 fully saturated rings. The zero-order chi connectivity index (χ0) is 14.2. The monoisotopic (exact) mass is 298 g/mol. The maximum absolute atomic E-state index is 11.8. The van der Waals surface area contributed by atoms with E-state index in [0.29, 0.717) is 18.8 Å². The molecule has 0 amide bonds. The van der Waals surface area contributed by atoms with Gasteiger partial charge in [-0.05, 0) is 12.1 Å². The Morgan fingerprint density at radius 1 is 1.35 bits per heavy atom. The van der Waals surface area contributed by atoms with E-state index in [1.54, 1.807) is 43.1 Å². The van der Waals surface area contributed by atoms with Crippen molar-refractivity contribution in [3.05, 3.63) is 35.9 Å². The van der Waals surface area contributed by atoms with Crippen LogP contribution in [0.4, 0.5) is 0 Å². The lowest BCUT2D eigenvalue weighted by Gasteiger charge is -2.13. The number of rotatable bonds is 7. The minimum absolute atomic E-state index is 0.171. The predicted molar refractivity (Wildman–Crippen MR) is 75.7 cm³/mol. The maximum atomic E-state index is 11.8. The SMILES string of the molecule is COCCOC1CSC(COC(=O)c2ccccc2)O1. The summed E-state index contributed by atoms with van der Waals surface area (Å²) in [6.45, 7) is 1.26. The number of thioether (sulfide) groups is 1. The van der Waals surface area contributed by atoms with Gasteiger partial charge in [-0.25, -0.2) is 4.79 Å². The van der Waals surface area contributed by atoms with Gasteiger partial charge in [-0.2, -0.15) is 0 Å². The highest BCUT2D eigenvalue weighted by Gasteiger charge is 2.27. The van der Waals surface area contributed by atoms with Crippen molar-refractivity contribution in [1.82, 2.24) is 0 Å². The Labute approximate surface area is 122 Å². The second-order valence-corrected chi connectivity index (χ2v) is 5.35. The summed E-state index contributed by atoms with van der Waals surface area (Å²) < 4.78 is 21.2. The summed E-state index contributed by atoms with van der Waals surface area (Å²) in [6.07, 6.45) is -0.254. The first-order valence-electron chi connectivity index (χ1n) is 6.39. The van der Waals surface area contributed by atoms with Gasteiger partial charge in [0, 0.05) is 12.9 Å². The minimum atomic E-state index is -0.335. The summed E-state index contributed by atoms with van der Waals surface area (Å²) in [7, 11) is 1.62. The molecule has 1 saturated heterocycles. The van der Waals surface area contributed by atoms with Gasteiger partial charge < -0.3 is 18.9 Å². The highest BCUT2D eigenvalue weighted by molar-refractivity contribution is 8.00. The molecule has 0 spiro atoms. The van der Waals surface area contributed by atoms with Crippen LogP contribution in [0.1, 0.15) is 10.4 Å². The average Bonchev–Trinajstić information content (AvgIpc) is 2.94. The molecule has 0 saturated carbocycles. The number of methoxy groups -OCH3 is 1. The summed E-state index contributed by atoms with van der Waals surface area (Å²) in [6, 6.07) is 8.91. The summed E-state index contributed by atoms with van der Waals surface area (Å²) in [5.41, 5.74) is 0.374. The Kier molecular flexibility index (Phi) is 6.32. The number of hydrogen-bond acceptors (Lipinski definition) is 6. The molecule has 110 valence electrons. The van der Waals surface area contributed by atoms with Gasteiger partial charge in [-0.3, -0.25) is 0 Å². The van der Waals surface area contributed by atoms with E-state index in [2.05, 4.69) is 0 Å². The number of benzene rings is 1. The summed E-state index contributed by atoms with van der Waals surface area (Å²) in [5, 5.41) is 0. The van der Waals surface area contributed by atoms with E-state index >= 15 is 0 Å². The molecule has 1 heterocycles. The molecule has 0 radical (unpaired) electrons. The van der Waals surface area contributed by atoms with E-state index < -0.39 is 0 Å². The fourth-order valence-corrected chi connectivity index (χ4v) is 2.59. The number of esters is 1. The molecule has 20 heavy (non-hydrogen) atoms. The Morgan fingerprint density at radius 3 is 2.90 bits per heavy atom. The van der Waals surface area contributed by atoms with Gasteiger partial charge in [0.1, 0.15) is 12.0 Å².